The first-order valence-electron chi connectivity index (χ1n) is 5.78. The Balaban J connectivity index is 2.03. The number of rotatable bonds is 4. The Morgan fingerprint density at radius 1 is 1.42 bits per heavy atom. The molecule has 0 aliphatic rings. The monoisotopic (exact) mass is 295 g/mol. The lowest BCUT2D eigenvalue weighted by atomic mass is 9.99. The molecule has 0 aliphatic heterocycles. The number of aliphatic hydroxyl groups is 1. The van der Waals surface area contributed by atoms with Gasteiger partial charge in [0.15, 0.2) is 0 Å². The van der Waals surface area contributed by atoms with Crippen LogP contribution in [0.2, 0.25) is 5.02 Å². The molecule has 0 saturated heterocycles. The summed E-state index contributed by atoms with van der Waals surface area (Å²) in [5, 5.41) is 17.1. The smallest absolute Gasteiger partial charge is 0.252 e. The minimum absolute atomic E-state index is 0.133. The van der Waals surface area contributed by atoms with E-state index in [2.05, 4.69) is 5.32 Å². The molecule has 3 nitrogen and oxygen atoms in total. The van der Waals surface area contributed by atoms with Gasteiger partial charge in [-0.2, -0.15) is 11.3 Å². The van der Waals surface area contributed by atoms with Crippen LogP contribution in [0.1, 0.15) is 22.8 Å². The molecular weight excluding hydrogens is 282 g/mol. The number of hydrogen-bond acceptors (Lipinski definition) is 3. The highest BCUT2D eigenvalue weighted by Gasteiger charge is 2.24. The maximum Gasteiger partial charge on any atom is 0.252 e. The summed E-state index contributed by atoms with van der Waals surface area (Å²) in [6.45, 7) is 1.80. The van der Waals surface area contributed by atoms with Crippen molar-refractivity contribution >= 4 is 28.8 Å². The highest BCUT2D eigenvalue weighted by molar-refractivity contribution is 7.08. The second-order valence-corrected chi connectivity index (χ2v) is 5.64. The molecule has 19 heavy (non-hydrogen) atoms. The summed E-state index contributed by atoms with van der Waals surface area (Å²) in [5.74, 6) is -0.291. The third kappa shape index (κ3) is 3.35. The van der Waals surface area contributed by atoms with Crippen molar-refractivity contribution in [2.24, 2.45) is 0 Å². The van der Waals surface area contributed by atoms with Crippen LogP contribution in [0.25, 0.3) is 0 Å². The fraction of sp³-hybridized carbons (Fsp3) is 0.214. The van der Waals surface area contributed by atoms with Crippen molar-refractivity contribution in [2.45, 2.75) is 12.5 Å². The number of nitrogens with one attached hydrogen (secondary N) is 1. The number of benzene rings is 1. The van der Waals surface area contributed by atoms with E-state index in [-0.39, 0.29) is 12.5 Å². The molecule has 2 rings (SSSR count). The predicted octanol–water partition coefficient (Wildman–Crippen LogP) is 3.04. The van der Waals surface area contributed by atoms with E-state index in [0.717, 1.165) is 5.56 Å². The summed E-state index contributed by atoms with van der Waals surface area (Å²) in [5.41, 5.74) is 0.110. The zero-order valence-electron chi connectivity index (χ0n) is 10.4. The standard InChI is InChI=1S/C14H14ClNO2S/c1-14(18,10-6-7-19-8-10)9-16-13(17)11-4-2-3-5-12(11)15/h2-8,18H,9H2,1H3,(H,16,17). The Morgan fingerprint density at radius 2 is 2.16 bits per heavy atom. The van der Waals surface area contributed by atoms with Gasteiger partial charge in [0.05, 0.1) is 17.1 Å². The molecule has 1 aromatic carbocycles. The van der Waals surface area contributed by atoms with Gasteiger partial charge in [0, 0.05) is 0 Å². The van der Waals surface area contributed by atoms with E-state index in [1.165, 1.54) is 11.3 Å². The molecule has 1 aromatic heterocycles. The van der Waals surface area contributed by atoms with Crippen LogP contribution in [-0.2, 0) is 5.60 Å². The van der Waals surface area contributed by atoms with Crippen LogP contribution in [-0.4, -0.2) is 17.6 Å². The van der Waals surface area contributed by atoms with Gasteiger partial charge in [-0.1, -0.05) is 23.7 Å². The van der Waals surface area contributed by atoms with Gasteiger partial charge in [0.2, 0.25) is 0 Å². The summed E-state index contributed by atoms with van der Waals surface area (Å²) in [6, 6.07) is 8.66. The van der Waals surface area contributed by atoms with Gasteiger partial charge in [0.25, 0.3) is 5.91 Å². The lowest BCUT2D eigenvalue weighted by Gasteiger charge is -2.22. The summed E-state index contributed by atoms with van der Waals surface area (Å²) in [6.07, 6.45) is 0. The molecule has 100 valence electrons. The summed E-state index contributed by atoms with van der Waals surface area (Å²) < 4.78 is 0. The summed E-state index contributed by atoms with van der Waals surface area (Å²) in [7, 11) is 0. The average Bonchev–Trinajstić information content (AvgIpc) is 2.91. The third-order valence-corrected chi connectivity index (χ3v) is 3.87. The lowest BCUT2D eigenvalue weighted by Crippen LogP contribution is -2.38. The zero-order valence-corrected chi connectivity index (χ0v) is 12.0. The van der Waals surface area contributed by atoms with Gasteiger partial charge < -0.3 is 10.4 Å². The molecule has 0 fully saturated rings. The number of thiophene rings is 1. The van der Waals surface area contributed by atoms with Crippen LogP contribution in [0.4, 0.5) is 0 Å². The fourth-order valence-electron chi connectivity index (χ4n) is 1.67. The molecule has 0 aliphatic carbocycles. The molecule has 1 atom stereocenters. The van der Waals surface area contributed by atoms with Crippen LogP contribution in [0.3, 0.4) is 0 Å². The van der Waals surface area contributed by atoms with Crippen molar-refractivity contribution in [3.05, 3.63) is 57.2 Å². The van der Waals surface area contributed by atoms with Crippen molar-refractivity contribution < 1.29 is 9.90 Å². The van der Waals surface area contributed by atoms with Gasteiger partial charge >= 0.3 is 0 Å². The molecule has 0 saturated carbocycles. The highest BCUT2D eigenvalue weighted by Crippen LogP contribution is 2.22. The molecule has 0 bridgehead atoms. The first kappa shape index (κ1) is 14.1. The van der Waals surface area contributed by atoms with Gasteiger partial charge in [-0.3, -0.25) is 4.79 Å². The van der Waals surface area contributed by atoms with Gasteiger partial charge in [-0.15, -0.1) is 0 Å². The fourth-order valence-corrected chi connectivity index (χ4v) is 2.67. The van der Waals surface area contributed by atoms with Gasteiger partial charge in [-0.25, -0.2) is 0 Å². The third-order valence-electron chi connectivity index (χ3n) is 2.85. The van der Waals surface area contributed by atoms with Crippen LogP contribution in [0.5, 0.6) is 0 Å². The second kappa shape index (κ2) is 5.74. The first-order valence-corrected chi connectivity index (χ1v) is 7.10. The molecule has 2 N–H and O–H groups in total. The molecule has 0 spiro atoms. The predicted molar refractivity (Wildman–Crippen MR) is 77.7 cm³/mol. The van der Waals surface area contributed by atoms with E-state index >= 15 is 0 Å². The van der Waals surface area contributed by atoms with Crippen LogP contribution < -0.4 is 5.32 Å². The summed E-state index contributed by atoms with van der Waals surface area (Å²) >= 11 is 7.45. The Bertz CT molecular complexity index is 567. The molecule has 1 unspecified atom stereocenters. The number of amides is 1. The first-order chi connectivity index (χ1) is 9.00. The highest BCUT2D eigenvalue weighted by atomic mass is 35.5. The Labute approximate surface area is 120 Å². The molecule has 0 radical (unpaired) electrons. The quantitative estimate of drug-likeness (QED) is 0.911. The molecule has 1 amide bonds. The SMILES string of the molecule is CC(O)(CNC(=O)c1ccccc1Cl)c1ccsc1. The van der Waals surface area contributed by atoms with Crippen LogP contribution in [0, 0.1) is 0 Å². The van der Waals surface area contributed by atoms with Gasteiger partial charge in [0.1, 0.15) is 5.60 Å². The number of hydrogen-bond donors (Lipinski definition) is 2. The van der Waals surface area contributed by atoms with Crippen molar-refractivity contribution in [1.82, 2.24) is 5.32 Å². The summed E-state index contributed by atoms with van der Waals surface area (Å²) in [4.78, 5) is 12.0. The Morgan fingerprint density at radius 3 is 2.79 bits per heavy atom. The van der Waals surface area contributed by atoms with Crippen molar-refractivity contribution in [3.63, 3.8) is 0 Å². The van der Waals surface area contributed by atoms with E-state index in [4.69, 9.17) is 11.6 Å². The number of halogens is 1. The van der Waals surface area contributed by atoms with Gasteiger partial charge in [-0.05, 0) is 41.4 Å². The van der Waals surface area contributed by atoms with E-state index in [1.807, 2.05) is 16.8 Å². The topological polar surface area (TPSA) is 49.3 Å². The van der Waals surface area contributed by atoms with E-state index in [9.17, 15) is 9.90 Å². The molecule has 1 heterocycles. The van der Waals surface area contributed by atoms with Crippen LogP contribution >= 0.6 is 22.9 Å². The van der Waals surface area contributed by atoms with Crippen molar-refractivity contribution in [2.75, 3.05) is 6.54 Å². The van der Waals surface area contributed by atoms with Crippen LogP contribution in [0.15, 0.2) is 41.1 Å². The van der Waals surface area contributed by atoms with Crippen molar-refractivity contribution in [1.29, 1.82) is 0 Å². The molecule has 2 aromatic rings. The van der Waals surface area contributed by atoms with E-state index in [1.54, 1.807) is 31.2 Å². The molecule has 5 heteroatoms. The number of carbonyl (C=O) groups is 1. The van der Waals surface area contributed by atoms with Crippen molar-refractivity contribution in [3.8, 4) is 0 Å². The maximum atomic E-state index is 12.0. The molecular formula is C14H14ClNO2S. The Kier molecular flexibility index (Phi) is 4.24. The lowest BCUT2D eigenvalue weighted by molar-refractivity contribution is 0.0530. The zero-order chi connectivity index (χ0) is 13.9. The maximum absolute atomic E-state index is 12.0. The minimum atomic E-state index is -1.09. The Hall–Kier alpha value is -1.36. The van der Waals surface area contributed by atoms with E-state index in [0.29, 0.717) is 10.6 Å². The largest absolute Gasteiger partial charge is 0.384 e. The van der Waals surface area contributed by atoms with E-state index < -0.39 is 5.60 Å². The second-order valence-electron chi connectivity index (χ2n) is 4.45. The average molecular weight is 296 g/mol. The normalized spacial score (nSPS) is 13.8. The number of carbonyl (C=O) groups excluding carboxylic acids is 1. The minimum Gasteiger partial charge on any atom is -0.384 e.